The number of thioether (sulfide) groups is 1. The number of hydrogen-bond donors (Lipinski definition) is 1. The van der Waals surface area contributed by atoms with Gasteiger partial charge in [-0.25, -0.2) is 4.98 Å². The fourth-order valence-electron chi connectivity index (χ4n) is 3.02. The van der Waals surface area contributed by atoms with Gasteiger partial charge in [0.15, 0.2) is 5.16 Å². The Bertz CT molecular complexity index is 1100. The number of amides is 1. The van der Waals surface area contributed by atoms with E-state index in [0.717, 1.165) is 12.0 Å². The second kappa shape index (κ2) is 9.65. The van der Waals surface area contributed by atoms with Gasteiger partial charge in [-0.3, -0.25) is 14.2 Å². The van der Waals surface area contributed by atoms with Crippen LogP contribution in [0.3, 0.4) is 0 Å². The number of rotatable bonds is 7. The van der Waals surface area contributed by atoms with Gasteiger partial charge in [0.25, 0.3) is 5.56 Å². The van der Waals surface area contributed by atoms with Crippen LogP contribution in [0.1, 0.15) is 31.9 Å². The molecular weight excluding hydrogens is 429 g/mol. The van der Waals surface area contributed by atoms with Crippen molar-refractivity contribution < 1.29 is 4.79 Å². The average Bonchev–Trinajstić information content (AvgIpc) is 2.68. The molecule has 1 heterocycles. The van der Waals surface area contributed by atoms with Crippen LogP contribution in [-0.2, 0) is 11.3 Å². The van der Waals surface area contributed by atoms with Crippen molar-refractivity contribution in [2.24, 2.45) is 0 Å². The quantitative estimate of drug-likeness (QED) is 0.403. The third-order valence-corrected chi connectivity index (χ3v) is 5.95. The van der Waals surface area contributed by atoms with Gasteiger partial charge in [-0.1, -0.05) is 60.1 Å². The lowest BCUT2D eigenvalue weighted by molar-refractivity contribution is -0.119. The van der Waals surface area contributed by atoms with Crippen LogP contribution in [0.4, 0.5) is 0 Å². The van der Waals surface area contributed by atoms with Crippen LogP contribution in [0.5, 0.6) is 0 Å². The van der Waals surface area contributed by atoms with Gasteiger partial charge in [0.1, 0.15) is 0 Å². The van der Waals surface area contributed by atoms with Crippen molar-refractivity contribution in [3.05, 3.63) is 68.4 Å². The third kappa shape index (κ3) is 5.13. The minimum absolute atomic E-state index is 0.0818. The molecule has 0 saturated heterocycles. The summed E-state index contributed by atoms with van der Waals surface area (Å²) in [4.78, 5) is 29.9. The minimum atomic E-state index is -0.268. The number of nitrogens with one attached hydrogen (secondary N) is 1. The maximum atomic E-state index is 12.8. The number of carbonyl (C=O) groups excluding carboxylic acids is 1. The van der Waals surface area contributed by atoms with Crippen molar-refractivity contribution in [2.75, 3.05) is 5.75 Å². The van der Waals surface area contributed by atoms with Crippen molar-refractivity contribution >= 4 is 51.8 Å². The Kier molecular flexibility index (Phi) is 7.22. The highest BCUT2D eigenvalue weighted by molar-refractivity contribution is 7.99. The van der Waals surface area contributed by atoms with Crippen molar-refractivity contribution in [3.63, 3.8) is 0 Å². The van der Waals surface area contributed by atoms with Crippen molar-refractivity contribution in [3.8, 4) is 0 Å². The summed E-state index contributed by atoms with van der Waals surface area (Å²) in [6.45, 7) is 4.41. The van der Waals surface area contributed by atoms with E-state index in [2.05, 4.69) is 10.3 Å². The molecule has 0 bridgehead atoms. The van der Waals surface area contributed by atoms with Crippen molar-refractivity contribution in [2.45, 2.75) is 38.0 Å². The second-order valence-electron chi connectivity index (χ2n) is 6.61. The standard InChI is InChI=1S/C21H21Cl2N3O2S/c1-3-10-26-20(28)16-6-4-5-7-18(16)25-21(26)29-12-19(27)24-13(2)15-9-8-14(22)11-17(15)23/h4-9,11,13H,3,10,12H2,1-2H3,(H,24,27)/t13-/m0/s1. The number of para-hydroxylation sites is 1. The molecule has 0 aliphatic carbocycles. The zero-order valence-electron chi connectivity index (χ0n) is 16.1. The van der Waals surface area contributed by atoms with Gasteiger partial charge in [-0.2, -0.15) is 0 Å². The Labute approximate surface area is 183 Å². The monoisotopic (exact) mass is 449 g/mol. The SMILES string of the molecule is CCCn1c(SCC(=O)N[C@@H](C)c2ccc(Cl)cc2Cl)nc2ccccc2c1=O. The molecule has 29 heavy (non-hydrogen) atoms. The number of benzene rings is 2. The molecular formula is C21H21Cl2N3O2S. The topological polar surface area (TPSA) is 64.0 Å². The van der Waals surface area contributed by atoms with Gasteiger partial charge in [-0.15, -0.1) is 0 Å². The van der Waals surface area contributed by atoms with E-state index in [9.17, 15) is 9.59 Å². The van der Waals surface area contributed by atoms with E-state index >= 15 is 0 Å². The summed E-state index contributed by atoms with van der Waals surface area (Å²) in [5.74, 6) is -0.0247. The summed E-state index contributed by atoms with van der Waals surface area (Å²) in [5, 5.41) is 5.11. The zero-order chi connectivity index (χ0) is 21.0. The summed E-state index contributed by atoms with van der Waals surface area (Å²) in [7, 11) is 0. The maximum Gasteiger partial charge on any atom is 0.262 e. The predicted octanol–water partition coefficient (Wildman–Crippen LogP) is 5.08. The average molecular weight is 450 g/mol. The zero-order valence-corrected chi connectivity index (χ0v) is 18.4. The largest absolute Gasteiger partial charge is 0.349 e. The highest BCUT2D eigenvalue weighted by atomic mass is 35.5. The number of hydrogen-bond acceptors (Lipinski definition) is 4. The molecule has 0 unspecified atom stereocenters. The lowest BCUT2D eigenvalue weighted by atomic mass is 10.1. The first-order valence-corrected chi connectivity index (χ1v) is 11.0. The summed E-state index contributed by atoms with van der Waals surface area (Å²) in [5.41, 5.74) is 1.34. The van der Waals surface area contributed by atoms with Gasteiger partial charge >= 0.3 is 0 Å². The molecule has 0 radical (unpaired) electrons. The lowest BCUT2D eigenvalue weighted by Gasteiger charge is -2.16. The van der Waals surface area contributed by atoms with E-state index in [4.69, 9.17) is 23.2 Å². The number of aromatic nitrogens is 2. The van der Waals surface area contributed by atoms with Crippen LogP contribution in [0.2, 0.25) is 10.0 Å². The summed E-state index contributed by atoms with van der Waals surface area (Å²) in [6, 6.07) is 12.2. The molecule has 0 aliphatic rings. The van der Waals surface area contributed by atoms with Crippen LogP contribution in [0.15, 0.2) is 52.4 Å². The maximum absolute atomic E-state index is 12.8. The van der Waals surface area contributed by atoms with E-state index in [0.29, 0.717) is 32.6 Å². The molecule has 1 N–H and O–H groups in total. The number of nitrogens with zero attached hydrogens (tertiary/aromatic N) is 2. The molecule has 8 heteroatoms. The summed E-state index contributed by atoms with van der Waals surface area (Å²) >= 11 is 13.4. The fraction of sp³-hybridized carbons (Fsp3) is 0.286. The molecule has 0 spiro atoms. The molecule has 5 nitrogen and oxygen atoms in total. The van der Waals surface area contributed by atoms with Gasteiger partial charge in [-0.05, 0) is 43.2 Å². The summed E-state index contributed by atoms with van der Waals surface area (Å²) < 4.78 is 1.64. The first kappa shape index (κ1) is 21.7. The Morgan fingerprint density at radius 1 is 1.24 bits per heavy atom. The van der Waals surface area contributed by atoms with Gasteiger partial charge < -0.3 is 5.32 Å². The Morgan fingerprint density at radius 3 is 2.72 bits per heavy atom. The Balaban J connectivity index is 1.75. The molecule has 1 atom stereocenters. The molecule has 0 saturated carbocycles. The van der Waals surface area contributed by atoms with Crippen LogP contribution in [0, 0.1) is 0 Å². The summed E-state index contributed by atoms with van der Waals surface area (Å²) in [6.07, 6.45) is 0.797. The fourth-order valence-corrected chi connectivity index (χ4v) is 4.43. The third-order valence-electron chi connectivity index (χ3n) is 4.41. The Hall–Kier alpha value is -2.02. The molecule has 3 rings (SSSR count). The van der Waals surface area contributed by atoms with E-state index in [1.165, 1.54) is 11.8 Å². The molecule has 0 fully saturated rings. The predicted molar refractivity (Wildman–Crippen MR) is 120 cm³/mol. The van der Waals surface area contributed by atoms with Crippen LogP contribution >= 0.6 is 35.0 Å². The van der Waals surface area contributed by atoms with Crippen molar-refractivity contribution in [1.29, 1.82) is 0 Å². The molecule has 1 amide bonds. The highest BCUT2D eigenvalue weighted by Crippen LogP contribution is 2.26. The first-order valence-electron chi connectivity index (χ1n) is 9.27. The van der Waals surface area contributed by atoms with Crippen LogP contribution in [-0.4, -0.2) is 21.2 Å². The number of carbonyl (C=O) groups is 1. The second-order valence-corrected chi connectivity index (χ2v) is 8.40. The molecule has 3 aromatic rings. The normalized spacial score (nSPS) is 12.1. The lowest BCUT2D eigenvalue weighted by Crippen LogP contribution is -2.29. The van der Waals surface area contributed by atoms with Crippen LogP contribution in [0.25, 0.3) is 10.9 Å². The van der Waals surface area contributed by atoms with E-state index < -0.39 is 0 Å². The molecule has 0 aliphatic heterocycles. The van der Waals surface area contributed by atoms with Gasteiger partial charge in [0, 0.05) is 16.6 Å². The molecule has 1 aromatic heterocycles. The van der Waals surface area contributed by atoms with E-state index in [-0.39, 0.29) is 23.3 Å². The highest BCUT2D eigenvalue weighted by Gasteiger charge is 2.16. The molecule has 152 valence electrons. The number of halogens is 2. The number of fused-ring (bicyclic) bond motifs is 1. The van der Waals surface area contributed by atoms with E-state index in [1.807, 2.05) is 32.0 Å². The Morgan fingerprint density at radius 2 is 2.00 bits per heavy atom. The minimum Gasteiger partial charge on any atom is -0.349 e. The smallest absolute Gasteiger partial charge is 0.262 e. The first-order chi connectivity index (χ1) is 13.9. The van der Waals surface area contributed by atoms with Crippen LogP contribution < -0.4 is 10.9 Å². The van der Waals surface area contributed by atoms with E-state index in [1.54, 1.807) is 28.8 Å². The van der Waals surface area contributed by atoms with Gasteiger partial charge in [0.2, 0.25) is 5.91 Å². The molecule has 2 aromatic carbocycles. The van der Waals surface area contributed by atoms with Gasteiger partial charge in [0.05, 0.1) is 22.7 Å². The van der Waals surface area contributed by atoms with Crippen molar-refractivity contribution in [1.82, 2.24) is 14.9 Å².